The first kappa shape index (κ1) is 17.4. The van der Waals surface area contributed by atoms with E-state index in [4.69, 9.17) is 4.74 Å². The Morgan fingerprint density at radius 2 is 1.65 bits per heavy atom. The molecule has 0 radical (unpaired) electrons. The number of nitrogens with zero attached hydrogens (tertiary/aromatic N) is 2. The van der Waals surface area contributed by atoms with Gasteiger partial charge in [-0.3, -0.25) is 4.79 Å². The second kappa shape index (κ2) is 8.11. The van der Waals surface area contributed by atoms with Crippen LogP contribution in [0.15, 0.2) is 60.7 Å². The summed E-state index contributed by atoms with van der Waals surface area (Å²) in [7, 11) is 1.53. The molecule has 0 saturated heterocycles. The molecule has 0 aliphatic heterocycles. The van der Waals surface area contributed by atoms with Gasteiger partial charge < -0.3 is 15.4 Å². The summed E-state index contributed by atoms with van der Waals surface area (Å²) in [5.41, 5.74) is 2.83. The number of aromatic nitrogens is 2. The summed E-state index contributed by atoms with van der Waals surface area (Å²) in [6.07, 6.45) is 0. The molecule has 26 heavy (non-hydrogen) atoms. The molecule has 3 aromatic rings. The predicted octanol–water partition coefficient (Wildman–Crippen LogP) is 3.66. The maximum Gasteiger partial charge on any atom is 0.260 e. The molecule has 1 amide bonds. The minimum Gasteiger partial charge on any atom is -0.496 e. The third-order valence-corrected chi connectivity index (χ3v) is 3.85. The van der Waals surface area contributed by atoms with Gasteiger partial charge in [-0.2, -0.15) is 0 Å². The maximum absolute atomic E-state index is 12.3. The number of para-hydroxylation sites is 1. The average molecular weight is 348 g/mol. The molecule has 0 bridgehead atoms. The summed E-state index contributed by atoms with van der Waals surface area (Å²) in [4.78, 5) is 12.3. The molecule has 0 aliphatic carbocycles. The maximum atomic E-state index is 12.3. The van der Waals surface area contributed by atoms with Crippen LogP contribution in [0.3, 0.4) is 0 Å². The van der Waals surface area contributed by atoms with E-state index in [9.17, 15) is 4.79 Å². The number of aryl methyl sites for hydroxylation is 1. The summed E-state index contributed by atoms with van der Waals surface area (Å²) in [5, 5.41) is 14.1. The highest BCUT2D eigenvalue weighted by atomic mass is 16.5. The van der Waals surface area contributed by atoms with Crippen molar-refractivity contribution in [2.45, 2.75) is 13.5 Å². The van der Waals surface area contributed by atoms with E-state index < -0.39 is 0 Å². The zero-order valence-electron chi connectivity index (χ0n) is 14.7. The molecule has 0 unspecified atom stereocenters. The molecule has 2 N–H and O–H groups in total. The third-order valence-electron chi connectivity index (χ3n) is 3.85. The van der Waals surface area contributed by atoms with E-state index in [1.807, 2.05) is 6.07 Å². The fraction of sp³-hybridized carbons (Fsp3) is 0.150. The Bertz CT molecular complexity index is 877. The summed E-state index contributed by atoms with van der Waals surface area (Å²) < 4.78 is 5.20. The number of ether oxygens (including phenoxy) is 1. The lowest BCUT2D eigenvalue weighted by Crippen LogP contribution is -2.14. The van der Waals surface area contributed by atoms with E-state index in [0.717, 1.165) is 5.56 Å². The van der Waals surface area contributed by atoms with Gasteiger partial charge in [0, 0.05) is 6.54 Å². The number of amides is 1. The molecule has 3 rings (SSSR count). The van der Waals surface area contributed by atoms with Crippen molar-refractivity contribution in [3.63, 3.8) is 0 Å². The molecule has 1 aromatic heterocycles. The first-order valence-electron chi connectivity index (χ1n) is 8.23. The molecule has 0 atom stereocenters. The Balaban J connectivity index is 1.60. The van der Waals surface area contributed by atoms with Crippen LogP contribution in [0.25, 0.3) is 0 Å². The Kier molecular flexibility index (Phi) is 5.43. The average Bonchev–Trinajstić information content (AvgIpc) is 2.68. The smallest absolute Gasteiger partial charge is 0.260 e. The van der Waals surface area contributed by atoms with Crippen LogP contribution < -0.4 is 15.4 Å². The molecule has 0 saturated carbocycles. The van der Waals surface area contributed by atoms with Gasteiger partial charge in [-0.05, 0) is 36.8 Å². The Morgan fingerprint density at radius 3 is 2.35 bits per heavy atom. The highest BCUT2D eigenvalue weighted by molar-refractivity contribution is 6.05. The van der Waals surface area contributed by atoms with Crippen molar-refractivity contribution in [3.05, 3.63) is 77.4 Å². The lowest BCUT2D eigenvalue weighted by molar-refractivity contribution is 0.102. The van der Waals surface area contributed by atoms with Crippen molar-refractivity contribution in [1.29, 1.82) is 0 Å². The van der Waals surface area contributed by atoms with E-state index >= 15 is 0 Å². The van der Waals surface area contributed by atoms with Gasteiger partial charge in [0.05, 0.1) is 12.7 Å². The lowest BCUT2D eigenvalue weighted by Gasteiger charge is -2.09. The van der Waals surface area contributed by atoms with Crippen molar-refractivity contribution < 1.29 is 9.53 Å². The number of nitrogens with one attached hydrogen (secondary N) is 2. The SMILES string of the molecule is COc1ccccc1C(=O)Nc1ccc(NCc2ccc(C)cc2)nn1. The second-order valence-corrected chi connectivity index (χ2v) is 5.80. The lowest BCUT2D eigenvalue weighted by atomic mass is 10.1. The summed E-state index contributed by atoms with van der Waals surface area (Å²) in [6.45, 7) is 2.71. The summed E-state index contributed by atoms with van der Waals surface area (Å²) >= 11 is 0. The molecule has 0 spiro atoms. The van der Waals surface area contributed by atoms with Crippen LogP contribution in [-0.2, 0) is 6.54 Å². The van der Waals surface area contributed by atoms with Crippen molar-refractivity contribution in [2.75, 3.05) is 17.7 Å². The molecule has 2 aromatic carbocycles. The molecule has 0 aliphatic rings. The number of carbonyl (C=O) groups is 1. The largest absolute Gasteiger partial charge is 0.496 e. The number of hydrogen-bond acceptors (Lipinski definition) is 5. The third kappa shape index (κ3) is 4.36. The topological polar surface area (TPSA) is 76.1 Å². The number of rotatable bonds is 6. The van der Waals surface area contributed by atoms with E-state index in [2.05, 4.69) is 52.0 Å². The molecule has 6 nitrogen and oxygen atoms in total. The van der Waals surface area contributed by atoms with Gasteiger partial charge in [0.15, 0.2) is 5.82 Å². The summed E-state index contributed by atoms with van der Waals surface area (Å²) in [6, 6.07) is 18.8. The van der Waals surface area contributed by atoms with E-state index in [1.54, 1.807) is 30.3 Å². The molecule has 1 heterocycles. The van der Waals surface area contributed by atoms with Crippen LogP contribution in [0.4, 0.5) is 11.6 Å². The summed E-state index contributed by atoms with van der Waals surface area (Å²) in [5.74, 6) is 1.23. The van der Waals surface area contributed by atoms with Crippen LogP contribution >= 0.6 is 0 Å². The Labute approximate surface area is 152 Å². The molecule has 132 valence electrons. The van der Waals surface area contributed by atoms with E-state index in [0.29, 0.717) is 29.5 Å². The van der Waals surface area contributed by atoms with Crippen LogP contribution in [0.5, 0.6) is 5.75 Å². The number of carbonyl (C=O) groups excluding carboxylic acids is 1. The molecule has 0 fully saturated rings. The monoisotopic (exact) mass is 348 g/mol. The Morgan fingerprint density at radius 1 is 0.962 bits per heavy atom. The highest BCUT2D eigenvalue weighted by Gasteiger charge is 2.12. The van der Waals surface area contributed by atoms with Gasteiger partial charge in [0.2, 0.25) is 0 Å². The van der Waals surface area contributed by atoms with E-state index in [-0.39, 0.29) is 5.91 Å². The number of methoxy groups -OCH3 is 1. The first-order valence-corrected chi connectivity index (χ1v) is 8.23. The van der Waals surface area contributed by atoms with Crippen LogP contribution in [0.2, 0.25) is 0 Å². The normalized spacial score (nSPS) is 10.2. The van der Waals surface area contributed by atoms with E-state index in [1.165, 1.54) is 12.7 Å². The predicted molar refractivity (Wildman–Crippen MR) is 101 cm³/mol. The van der Waals surface area contributed by atoms with Gasteiger partial charge in [0.25, 0.3) is 5.91 Å². The molecule has 6 heteroatoms. The minimum atomic E-state index is -0.294. The highest BCUT2D eigenvalue weighted by Crippen LogP contribution is 2.18. The number of anilines is 2. The van der Waals surface area contributed by atoms with Gasteiger partial charge in [-0.1, -0.05) is 42.0 Å². The quantitative estimate of drug-likeness (QED) is 0.711. The first-order chi connectivity index (χ1) is 12.7. The zero-order valence-corrected chi connectivity index (χ0v) is 14.7. The Hall–Kier alpha value is -3.41. The zero-order chi connectivity index (χ0) is 18.4. The fourth-order valence-corrected chi connectivity index (χ4v) is 2.41. The second-order valence-electron chi connectivity index (χ2n) is 5.80. The number of hydrogen-bond donors (Lipinski definition) is 2. The fourth-order valence-electron chi connectivity index (χ4n) is 2.41. The molecular weight excluding hydrogens is 328 g/mol. The number of benzene rings is 2. The van der Waals surface area contributed by atoms with Gasteiger partial charge >= 0.3 is 0 Å². The van der Waals surface area contributed by atoms with Crippen molar-refractivity contribution in [2.24, 2.45) is 0 Å². The van der Waals surface area contributed by atoms with Gasteiger partial charge in [0.1, 0.15) is 11.6 Å². The van der Waals surface area contributed by atoms with Gasteiger partial charge in [-0.15, -0.1) is 10.2 Å². The van der Waals surface area contributed by atoms with Crippen molar-refractivity contribution in [1.82, 2.24) is 10.2 Å². The minimum absolute atomic E-state index is 0.294. The van der Waals surface area contributed by atoms with Gasteiger partial charge in [-0.25, -0.2) is 0 Å². The van der Waals surface area contributed by atoms with Crippen molar-refractivity contribution >= 4 is 17.5 Å². The molecular formula is C20H20N4O2. The van der Waals surface area contributed by atoms with Crippen molar-refractivity contribution in [3.8, 4) is 5.75 Å². The van der Waals surface area contributed by atoms with Crippen LogP contribution in [0.1, 0.15) is 21.5 Å². The van der Waals surface area contributed by atoms with Crippen LogP contribution in [-0.4, -0.2) is 23.2 Å². The standard InChI is InChI=1S/C20H20N4O2/c1-14-7-9-15(10-8-14)13-21-18-11-12-19(24-23-18)22-20(25)16-5-3-4-6-17(16)26-2/h3-12H,13H2,1-2H3,(H,21,23)(H,22,24,25). The van der Waals surface area contributed by atoms with Crippen LogP contribution in [0, 0.1) is 6.92 Å².